The van der Waals surface area contributed by atoms with E-state index in [1.165, 1.54) is 53.4 Å². The summed E-state index contributed by atoms with van der Waals surface area (Å²) in [4.78, 5) is 0. The average molecular weight is 666 g/mol. The smallest absolute Gasteiger partial charge is 0.0664 e. The molecule has 0 amide bonds. The van der Waals surface area contributed by atoms with Gasteiger partial charge in [0.25, 0.3) is 0 Å². The molecule has 0 spiro atoms. The Labute approximate surface area is 258 Å². The molecule has 2 fully saturated rings. The van der Waals surface area contributed by atoms with Crippen molar-refractivity contribution in [3.05, 3.63) is 64.1 Å². The fourth-order valence-electron chi connectivity index (χ4n) is 6.34. The summed E-state index contributed by atoms with van der Waals surface area (Å²) < 4.78 is 5.41. The minimum Gasteiger partial charge on any atom is -0.385 e. The number of hydrogen-bond donors (Lipinski definition) is 0. The van der Waals surface area contributed by atoms with Crippen LogP contribution in [0, 0.1) is 104 Å². The van der Waals surface area contributed by atoms with Crippen LogP contribution in [-0.4, -0.2) is 37.9 Å². The Morgan fingerprint density at radius 2 is 0.829 bits per heavy atom. The van der Waals surface area contributed by atoms with Gasteiger partial charge in [0.1, 0.15) is 0 Å². The van der Waals surface area contributed by atoms with Gasteiger partial charge in [0.15, 0.2) is 0 Å². The Balaban J connectivity index is 0.000000989. The molecule has 0 aromatic carbocycles. The van der Waals surface area contributed by atoms with E-state index in [1.807, 2.05) is 7.11 Å². The molecule has 2 rings (SSSR count). The molecule has 1 nitrogen and oxygen atoms in total. The molecule has 0 unspecified atom stereocenters. The molecule has 200 valence electrons. The molecule has 0 aromatic rings. The predicted molar refractivity (Wildman–Crippen MR) is 162 cm³/mol. The summed E-state index contributed by atoms with van der Waals surface area (Å²) in [5.41, 5.74) is 6.03. The van der Waals surface area contributed by atoms with E-state index in [4.69, 9.17) is 4.74 Å². The molecule has 35 heavy (non-hydrogen) atoms. The molecule has 2 aliphatic rings. The van der Waals surface area contributed by atoms with Crippen molar-refractivity contribution in [3.8, 4) is 0 Å². The second-order valence-electron chi connectivity index (χ2n) is 13.1. The molecule has 5 heteroatoms. The molecule has 0 N–H and O–H groups in total. The molecule has 0 heterocycles. The van der Waals surface area contributed by atoms with Crippen LogP contribution in [-0.2, 0) is 4.74 Å². The van der Waals surface area contributed by atoms with Crippen LogP contribution in [0.3, 0.4) is 0 Å². The maximum atomic E-state index is 5.41. The first-order chi connectivity index (χ1) is 15.3. The molecule has 2 aliphatic carbocycles. The Morgan fingerprint density at radius 3 is 1.03 bits per heavy atom. The zero-order chi connectivity index (χ0) is 26.8. The van der Waals surface area contributed by atoms with Crippen LogP contribution >= 0.6 is 0 Å². The van der Waals surface area contributed by atoms with Crippen molar-refractivity contribution in [1.82, 2.24) is 0 Å². The predicted octanol–water partition coefficient (Wildman–Crippen LogP) is 9.06. The molecule has 0 bridgehead atoms. The maximum absolute atomic E-state index is 5.41. The summed E-state index contributed by atoms with van der Waals surface area (Å²) in [5, 5.41) is 0. The van der Waals surface area contributed by atoms with Crippen LogP contribution < -0.4 is 0 Å². The first-order valence-corrected chi connectivity index (χ1v) is 23.0. The van der Waals surface area contributed by atoms with Gasteiger partial charge in [0.2, 0.25) is 0 Å². The second kappa shape index (κ2) is 14.5. The van der Waals surface area contributed by atoms with Gasteiger partial charge in [-0.1, -0.05) is 107 Å². The number of ether oxygens (including phenoxy) is 1. The Bertz CT molecular complexity index is 542. The van der Waals surface area contributed by atoms with Crippen molar-refractivity contribution in [1.29, 1.82) is 0 Å². The van der Waals surface area contributed by atoms with E-state index in [0.29, 0.717) is 0 Å². The van der Waals surface area contributed by atoms with Gasteiger partial charge in [0, 0.05) is 54.1 Å². The summed E-state index contributed by atoms with van der Waals surface area (Å²) in [7, 11) is -1.71. The minimum atomic E-state index is -1.82. The summed E-state index contributed by atoms with van der Waals surface area (Å²) in [6.07, 6.45) is 1.14. The third kappa shape index (κ3) is 9.53. The van der Waals surface area contributed by atoms with Crippen LogP contribution in [0.15, 0.2) is 0 Å². The zero-order valence-electron chi connectivity index (χ0n) is 26.0. The third-order valence-corrected chi connectivity index (χ3v) is 19.9. The van der Waals surface area contributed by atoms with Gasteiger partial charge in [0.05, 0.1) is 8.07 Å². The Hall–Kier alpha value is 1.95. The van der Waals surface area contributed by atoms with Gasteiger partial charge in [-0.05, 0) is 64.8 Å². The van der Waals surface area contributed by atoms with Crippen molar-refractivity contribution in [2.45, 2.75) is 114 Å². The first kappa shape index (κ1) is 36.9. The van der Waals surface area contributed by atoms with Crippen LogP contribution in [0.1, 0.15) is 61.8 Å². The van der Waals surface area contributed by atoms with E-state index >= 15 is 0 Å². The summed E-state index contributed by atoms with van der Waals surface area (Å²) in [5.74, 6) is 12.1. The van der Waals surface area contributed by atoms with E-state index in [2.05, 4.69) is 107 Å². The van der Waals surface area contributed by atoms with Gasteiger partial charge < -0.3 is 10.4 Å². The minimum absolute atomic E-state index is 0. The molecular formula is C30H55OSi3Sm-. The normalized spacial score (nSPS) is 22.6. The molecule has 10 radical (unpaired) electrons. The van der Waals surface area contributed by atoms with Crippen molar-refractivity contribution in [2.24, 2.45) is 0 Å². The van der Waals surface area contributed by atoms with E-state index in [1.54, 1.807) is 11.1 Å². The average Bonchev–Trinajstić information content (AvgIpc) is 2.99. The molecule has 0 aromatic heterocycles. The Kier molecular flexibility index (Phi) is 15.4. The van der Waals surface area contributed by atoms with Gasteiger partial charge in [-0.15, -0.1) is 16.1 Å². The van der Waals surface area contributed by atoms with E-state index in [-0.39, 0.29) is 40.4 Å². The van der Waals surface area contributed by atoms with Crippen molar-refractivity contribution in [2.75, 3.05) is 13.7 Å². The Morgan fingerprint density at radius 1 is 0.543 bits per heavy atom. The molecule has 2 saturated carbocycles. The van der Waals surface area contributed by atoms with Gasteiger partial charge in [-0.25, -0.2) is 0 Å². The van der Waals surface area contributed by atoms with Crippen LogP contribution in [0.2, 0.25) is 51.9 Å². The zero-order valence-corrected chi connectivity index (χ0v) is 31.6. The van der Waals surface area contributed by atoms with Gasteiger partial charge >= 0.3 is 0 Å². The first-order valence-electron chi connectivity index (χ1n) is 13.1. The van der Waals surface area contributed by atoms with Crippen molar-refractivity contribution in [3.63, 3.8) is 0 Å². The quantitative estimate of drug-likeness (QED) is 0.143. The van der Waals surface area contributed by atoms with E-state index in [9.17, 15) is 0 Å². The monoisotopic (exact) mass is 667 g/mol. The van der Waals surface area contributed by atoms with Crippen molar-refractivity contribution < 1.29 is 45.1 Å². The summed E-state index contributed by atoms with van der Waals surface area (Å²) >= 11 is 0. The van der Waals surface area contributed by atoms with Gasteiger partial charge in [-0.2, -0.15) is 0 Å². The molecular weight excluding hydrogens is 611 g/mol. The largest absolute Gasteiger partial charge is 0.385 e. The molecule has 0 atom stereocenters. The fraction of sp³-hybridized carbons (Fsp3) is 0.633. The number of methoxy groups -OCH3 is 1. The third-order valence-electron chi connectivity index (χ3n) is 7.87. The van der Waals surface area contributed by atoms with Crippen molar-refractivity contribution >= 4 is 24.2 Å². The van der Waals surface area contributed by atoms with Gasteiger partial charge in [-0.3, -0.25) is 0 Å². The summed E-state index contributed by atoms with van der Waals surface area (Å²) in [6.45, 7) is 36.5. The number of rotatable bonds is 8. The SMILES string of the molecule is COCCC[Si](C)([C]1[C](C)[C](C)[C](C)[C]1C)[C]1[C](C)[C](C)[C](C)[C]1C.C[Si](C)(C)[CH-][Si](C)(C)C.[Sm]. The van der Waals surface area contributed by atoms with Crippen LogP contribution in [0.5, 0.6) is 0 Å². The number of hydrogen-bond acceptors (Lipinski definition) is 1. The second-order valence-corrected chi connectivity index (χ2v) is 27.8. The maximum Gasteiger partial charge on any atom is 0.0664 e. The summed E-state index contributed by atoms with van der Waals surface area (Å²) in [6, 6.07) is 1.26. The van der Waals surface area contributed by atoms with Crippen LogP contribution in [0.25, 0.3) is 0 Å². The van der Waals surface area contributed by atoms with E-state index in [0.717, 1.165) is 13.0 Å². The fourth-order valence-corrected chi connectivity index (χ4v) is 22.4. The standard InChI is InChI=1S/C23H36OSi.C7H19Si2.Sm/c1-14-15(2)19(6)22(18(14)5)25(10,13-11-12-24-9)23-20(7)16(3)17(4)21(23)8;1-8(2,3)7-9(4,5)6;/h11-13H2,1-10H3;7H,1-6H3;/q;-1;. The molecule has 0 saturated heterocycles. The van der Waals surface area contributed by atoms with Crippen LogP contribution in [0.4, 0.5) is 0 Å². The topological polar surface area (TPSA) is 9.23 Å². The molecule has 0 aliphatic heterocycles. The van der Waals surface area contributed by atoms with E-state index < -0.39 is 24.2 Å².